The van der Waals surface area contributed by atoms with E-state index >= 15 is 0 Å². The quantitative estimate of drug-likeness (QED) is 0.780. The smallest absolute Gasteiger partial charge is 0.326 e. The molecule has 2 rings (SSSR count). The molecule has 1 atom stereocenters. The fraction of sp³-hybridized carbons (Fsp3) is 0.750. The van der Waals surface area contributed by atoms with Gasteiger partial charge >= 0.3 is 5.97 Å². The minimum atomic E-state index is -3.67. The first-order valence-corrected chi connectivity index (χ1v) is 8.09. The number of nitrogens with zero attached hydrogens (tertiary/aromatic N) is 2. The number of carbonyl (C=O) groups is 1. The van der Waals surface area contributed by atoms with E-state index in [1.54, 1.807) is 6.08 Å². The average Bonchev–Trinajstić information content (AvgIpc) is 2.77. The van der Waals surface area contributed by atoms with Crippen LogP contribution in [-0.4, -0.2) is 53.8 Å². The molecule has 1 N–H and O–H groups in total. The lowest BCUT2D eigenvalue weighted by atomic mass is 10.1. The van der Waals surface area contributed by atoms with Crippen LogP contribution in [0.15, 0.2) is 12.2 Å². The van der Waals surface area contributed by atoms with Crippen LogP contribution in [0.2, 0.25) is 0 Å². The van der Waals surface area contributed by atoms with Gasteiger partial charge in [-0.25, -0.2) is 0 Å². The lowest BCUT2D eigenvalue weighted by Gasteiger charge is -2.30. The molecule has 0 bridgehead atoms. The lowest BCUT2D eigenvalue weighted by Crippen LogP contribution is -2.49. The molecule has 108 valence electrons. The maximum atomic E-state index is 12.5. The van der Waals surface area contributed by atoms with Crippen molar-refractivity contribution >= 4 is 16.2 Å². The number of hydrogen-bond donors (Lipinski definition) is 1. The van der Waals surface area contributed by atoms with E-state index in [4.69, 9.17) is 5.11 Å². The van der Waals surface area contributed by atoms with Gasteiger partial charge in [0, 0.05) is 19.6 Å². The third-order valence-corrected chi connectivity index (χ3v) is 5.59. The van der Waals surface area contributed by atoms with Crippen LogP contribution in [0.5, 0.6) is 0 Å². The summed E-state index contributed by atoms with van der Waals surface area (Å²) in [5.74, 6) is -1.12. The van der Waals surface area contributed by atoms with Gasteiger partial charge in [0.2, 0.25) is 0 Å². The molecule has 0 aromatic heterocycles. The van der Waals surface area contributed by atoms with Gasteiger partial charge in [-0.2, -0.15) is 17.0 Å². The first kappa shape index (κ1) is 14.5. The predicted molar refractivity (Wildman–Crippen MR) is 70.8 cm³/mol. The van der Waals surface area contributed by atoms with Crippen molar-refractivity contribution in [2.24, 2.45) is 0 Å². The topological polar surface area (TPSA) is 77.9 Å². The highest BCUT2D eigenvalue weighted by atomic mass is 32.2. The van der Waals surface area contributed by atoms with Crippen molar-refractivity contribution in [2.45, 2.75) is 38.1 Å². The highest BCUT2D eigenvalue weighted by Crippen LogP contribution is 2.21. The van der Waals surface area contributed by atoms with E-state index in [-0.39, 0.29) is 6.54 Å². The summed E-state index contributed by atoms with van der Waals surface area (Å²) < 4.78 is 27.5. The molecule has 6 nitrogen and oxygen atoms in total. The molecule has 2 aliphatic rings. The van der Waals surface area contributed by atoms with Gasteiger partial charge in [0.25, 0.3) is 10.2 Å². The summed E-state index contributed by atoms with van der Waals surface area (Å²) in [4.78, 5) is 11.1. The Kier molecular flexibility index (Phi) is 4.59. The van der Waals surface area contributed by atoms with Gasteiger partial charge < -0.3 is 5.11 Å². The molecule has 0 aromatic rings. The van der Waals surface area contributed by atoms with Gasteiger partial charge in [0.1, 0.15) is 6.04 Å². The first-order valence-electron chi connectivity index (χ1n) is 6.70. The third kappa shape index (κ3) is 3.16. The van der Waals surface area contributed by atoms with E-state index in [1.165, 1.54) is 10.4 Å². The molecule has 1 saturated heterocycles. The van der Waals surface area contributed by atoms with Crippen LogP contribution in [-0.2, 0) is 15.0 Å². The number of carboxylic acids is 1. The fourth-order valence-corrected chi connectivity index (χ4v) is 4.28. The first-order chi connectivity index (χ1) is 9.03. The summed E-state index contributed by atoms with van der Waals surface area (Å²) in [6.07, 6.45) is 7.94. The Bertz CT molecular complexity index is 452. The number of rotatable bonds is 3. The van der Waals surface area contributed by atoms with Crippen LogP contribution < -0.4 is 0 Å². The predicted octanol–water partition coefficient (Wildman–Crippen LogP) is 0.822. The van der Waals surface area contributed by atoms with Gasteiger partial charge in [0.05, 0.1) is 0 Å². The van der Waals surface area contributed by atoms with Crippen LogP contribution in [0.4, 0.5) is 0 Å². The Balaban J connectivity index is 2.14. The maximum absolute atomic E-state index is 12.5. The molecule has 1 unspecified atom stereocenters. The van der Waals surface area contributed by atoms with Crippen LogP contribution in [0.3, 0.4) is 0 Å². The van der Waals surface area contributed by atoms with Crippen LogP contribution in [0.25, 0.3) is 0 Å². The summed E-state index contributed by atoms with van der Waals surface area (Å²) in [5, 5.41) is 9.07. The van der Waals surface area contributed by atoms with Crippen molar-refractivity contribution in [3.63, 3.8) is 0 Å². The number of carboxylic acid groups (broad SMARTS) is 1. The molecule has 7 heteroatoms. The molecule has 0 amide bonds. The molecule has 0 saturated carbocycles. The van der Waals surface area contributed by atoms with E-state index < -0.39 is 22.2 Å². The minimum Gasteiger partial charge on any atom is -0.480 e. The largest absolute Gasteiger partial charge is 0.480 e. The molecule has 0 aromatic carbocycles. The van der Waals surface area contributed by atoms with Gasteiger partial charge in [-0.3, -0.25) is 4.79 Å². The third-order valence-electron chi connectivity index (χ3n) is 3.60. The highest BCUT2D eigenvalue weighted by Gasteiger charge is 2.38. The minimum absolute atomic E-state index is 0.149. The van der Waals surface area contributed by atoms with E-state index in [0.717, 1.165) is 36.4 Å². The summed E-state index contributed by atoms with van der Waals surface area (Å²) >= 11 is 0. The zero-order valence-corrected chi connectivity index (χ0v) is 11.7. The Hall–Kier alpha value is -0.920. The van der Waals surface area contributed by atoms with Crippen LogP contribution >= 0.6 is 0 Å². The SMILES string of the molecule is O=C(O)C1C=CCN1S(=O)(=O)N1CCCCCCC1. The second-order valence-electron chi connectivity index (χ2n) is 4.96. The summed E-state index contributed by atoms with van der Waals surface area (Å²) in [7, 11) is -3.67. The van der Waals surface area contributed by atoms with E-state index in [0.29, 0.717) is 13.1 Å². The maximum Gasteiger partial charge on any atom is 0.326 e. The van der Waals surface area contributed by atoms with E-state index in [9.17, 15) is 13.2 Å². The summed E-state index contributed by atoms with van der Waals surface area (Å²) in [6.45, 7) is 1.13. The molecule has 0 spiro atoms. The van der Waals surface area contributed by atoms with Crippen molar-refractivity contribution in [1.82, 2.24) is 8.61 Å². The lowest BCUT2D eigenvalue weighted by molar-refractivity contribution is -0.139. The molecule has 19 heavy (non-hydrogen) atoms. The average molecular weight is 288 g/mol. The number of aliphatic carboxylic acids is 1. The fourth-order valence-electron chi connectivity index (χ4n) is 2.54. The monoisotopic (exact) mass is 288 g/mol. The van der Waals surface area contributed by atoms with Gasteiger partial charge in [-0.15, -0.1) is 0 Å². The summed E-state index contributed by atoms with van der Waals surface area (Å²) in [5.41, 5.74) is 0. The number of hydrogen-bond acceptors (Lipinski definition) is 3. The molecule has 1 fully saturated rings. The van der Waals surface area contributed by atoms with Gasteiger partial charge in [-0.1, -0.05) is 31.4 Å². The van der Waals surface area contributed by atoms with Crippen LogP contribution in [0, 0.1) is 0 Å². The Morgan fingerprint density at radius 2 is 1.68 bits per heavy atom. The van der Waals surface area contributed by atoms with Gasteiger partial charge in [0.15, 0.2) is 0 Å². The standard InChI is InChI=1S/C12H20N2O4S/c15-12(16)11-7-6-10-14(11)19(17,18)13-8-4-2-1-3-5-9-13/h6-7,11H,1-5,8-10H2,(H,15,16). The van der Waals surface area contributed by atoms with Crippen molar-refractivity contribution < 1.29 is 18.3 Å². The molecule has 2 heterocycles. The molecule has 2 aliphatic heterocycles. The van der Waals surface area contributed by atoms with Crippen molar-refractivity contribution in [1.29, 1.82) is 0 Å². The van der Waals surface area contributed by atoms with Crippen molar-refractivity contribution in [3.05, 3.63) is 12.2 Å². The van der Waals surface area contributed by atoms with E-state index in [1.807, 2.05) is 0 Å². The molecular formula is C12H20N2O4S. The second kappa shape index (κ2) is 6.02. The molecule has 0 radical (unpaired) electrons. The summed E-state index contributed by atoms with van der Waals surface area (Å²) in [6, 6.07) is -1.06. The Labute approximate surface area is 113 Å². The second-order valence-corrected chi connectivity index (χ2v) is 6.84. The highest BCUT2D eigenvalue weighted by molar-refractivity contribution is 7.86. The zero-order valence-electron chi connectivity index (χ0n) is 10.9. The van der Waals surface area contributed by atoms with Crippen molar-refractivity contribution in [2.75, 3.05) is 19.6 Å². The van der Waals surface area contributed by atoms with Gasteiger partial charge in [-0.05, 0) is 12.8 Å². The van der Waals surface area contributed by atoms with Crippen molar-refractivity contribution in [3.8, 4) is 0 Å². The molecule has 0 aliphatic carbocycles. The Morgan fingerprint density at radius 1 is 1.11 bits per heavy atom. The van der Waals surface area contributed by atoms with E-state index in [2.05, 4.69) is 0 Å². The zero-order chi connectivity index (χ0) is 13.9. The Morgan fingerprint density at radius 3 is 2.26 bits per heavy atom. The van der Waals surface area contributed by atoms with Crippen LogP contribution in [0.1, 0.15) is 32.1 Å². The molecular weight excluding hydrogens is 268 g/mol. The normalized spacial score (nSPS) is 27.1.